The summed E-state index contributed by atoms with van der Waals surface area (Å²) < 4.78 is 2.90. The van der Waals surface area contributed by atoms with E-state index in [9.17, 15) is 0 Å². The van der Waals surface area contributed by atoms with Gasteiger partial charge < -0.3 is 10.1 Å². The van der Waals surface area contributed by atoms with E-state index in [2.05, 4.69) is 15.2 Å². The molecule has 3 heterocycles. The molecule has 0 radical (unpaired) electrons. The largest absolute Gasteiger partial charge is 0.325 e. The summed E-state index contributed by atoms with van der Waals surface area (Å²) in [6.07, 6.45) is 1.97. The number of rotatable bonds is 3. The molecule has 0 aliphatic carbocycles. The molecule has 0 aromatic carbocycles. The first-order valence-corrected chi connectivity index (χ1v) is 7.05. The number of aryl methyl sites for hydroxylation is 1. The summed E-state index contributed by atoms with van der Waals surface area (Å²) in [6, 6.07) is 5.90. The maximum Gasteiger partial charge on any atom is 0.180 e. The summed E-state index contributed by atoms with van der Waals surface area (Å²) in [5.41, 5.74) is 7.72. The second kappa shape index (κ2) is 4.68. The van der Waals surface area contributed by atoms with E-state index in [0.717, 1.165) is 25.7 Å². The number of aromatic nitrogens is 4. The third-order valence-corrected chi connectivity index (χ3v) is 4.39. The molecule has 0 aliphatic rings. The van der Waals surface area contributed by atoms with E-state index in [4.69, 9.17) is 5.73 Å². The van der Waals surface area contributed by atoms with Gasteiger partial charge in [-0.1, -0.05) is 17.4 Å². The van der Waals surface area contributed by atoms with Crippen molar-refractivity contribution in [2.45, 2.75) is 22.8 Å². The Morgan fingerprint density at radius 1 is 1.39 bits per heavy atom. The van der Waals surface area contributed by atoms with Crippen LogP contribution in [-0.4, -0.2) is 19.6 Å². The van der Waals surface area contributed by atoms with Gasteiger partial charge in [-0.3, -0.25) is 0 Å². The Morgan fingerprint density at radius 3 is 3.00 bits per heavy atom. The summed E-state index contributed by atoms with van der Waals surface area (Å²) in [7, 11) is 0. The van der Waals surface area contributed by atoms with Crippen molar-refractivity contribution < 1.29 is 0 Å². The Bertz CT molecular complexity index is 688. The number of pyridine rings is 1. The van der Waals surface area contributed by atoms with Gasteiger partial charge in [0.1, 0.15) is 15.7 Å². The van der Waals surface area contributed by atoms with Crippen LogP contribution in [0.4, 0.5) is 0 Å². The molecule has 3 aromatic heterocycles. The molecule has 2 N–H and O–H groups in total. The molecule has 7 heteroatoms. The highest BCUT2D eigenvalue weighted by Crippen LogP contribution is 2.32. The third-order valence-electron chi connectivity index (χ3n) is 2.48. The topological polar surface area (TPSA) is 69.1 Å². The highest BCUT2D eigenvalue weighted by Gasteiger charge is 2.13. The first-order valence-electron chi connectivity index (χ1n) is 5.42. The van der Waals surface area contributed by atoms with Crippen molar-refractivity contribution in [1.82, 2.24) is 19.6 Å². The van der Waals surface area contributed by atoms with Crippen LogP contribution in [0.15, 0.2) is 33.8 Å². The van der Waals surface area contributed by atoms with Gasteiger partial charge in [-0.05, 0) is 30.8 Å². The fraction of sp³-hybridized carbons (Fsp3) is 0.182. The number of nitrogens with zero attached hydrogens (tertiary/aromatic N) is 4. The van der Waals surface area contributed by atoms with Crippen molar-refractivity contribution in [3.63, 3.8) is 0 Å². The smallest absolute Gasteiger partial charge is 0.180 e. The van der Waals surface area contributed by atoms with E-state index >= 15 is 0 Å². The van der Waals surface area contributed by atoms with Crippen molar-refractivity contribution in [1.29, 1.82) is 0 Å². The zero-order valence-corrected chi connectivity index (χ0v) is 11.3. The van der Waals surface area contributed by atoms with Crippen LogP contribution in [0.25, 0.3) is 5.65 Å². The Balaban J connectivity index is 2.05. The number of fused-ring (bicyclic) bond motifs is 1. The van der Waals surface area contributed by atoms with Gasteiger partial charge in [-0.25, -0.2) is 4.98 Å². The van der Waals surface area contributed by atoms with Crippen LogP contribution in [0.2, 0.25) is 0 Å². The Hall–Kier alpha value is -1.44. The lowest BCUT2D eigenvalue weighted by Crippen LogP contribution is -2.01. The lowest BCUT2D eigenvalue weighted by atomic mass is 10.4. The molecule has 5 nitrogen and oxygen atoms in total. The number of hydrogen-bond acceptors (Lipinski definition) is 6. The fourth-order valence-corrected chi connectivity index (χ4v) is 3.56. The van der Waals surface area contributed by atoms with Crippen LogP contribution in [0.5, 0.6) is 0 Å². The van der Waals surface area contributed by atoms with Crippen LogP contribution in [0.3, 0.4) is 0 Å². The second-order valence-corrected chi connectivity index (χ2v) is 6.10. The maximum atomic E-state index is 5.81. The van der Waals surface area contributed by atoms with Gasteiger partial charge in [0.2, 0.25) is 0 Å². The first-order chi connectivity index (χ1) is 8.78. The highest BCUT2D eigenvalue weighted by molar-refractivity contribution is 8.01. The highest BCUT2D eigenvalue weighted by atomic mass is 32.2. The molecule has 0 saturated carbocycles. The summed E-state index contributed by atoms with van der Waals surface area (Å²) >= 11 is 3.08. The van der Waals surface area contributed by atoms with Crippen molar-refractivity contribution >= 4 is 28.7 Å². The van der Waals surface area contributed by atoms with Crippen molar-refractivity contribution in [3.05, 3.63) is 35.1 Å². The molecule has 3 rings (SSSR count). The van der Waals surface area contributed by atoms with Crippen LogP contribution in [-0.2, 0) is 6.54 Å². The summed E-state index contributed by atoms with van der Waals surface area (Å²) in [5, 5.41) is 9.96. The molecule has 0 fully saturated rings. The van der Waals surface area contributed by atoms with Crippen LogP contribution in [0.1, 0.15) is 10.7 Å². The molecule has 0 amide bonds. The molecule has 0 unspecified atom stereocenters. The van der Waals surface area contributed by atoms with Crippen molar-refractivity contribution in [3.8, 4) is 0 Å². The summed E-state index contributed by atoms with van der Waals surface area (Å²) in [5.74, 6) is 0. The lowest BCUT2D eigenvalue weighted by Gasteiger charge is -1.99. The molecule has 0 aliphatic heterocycles. The molecule has 92 valence electrons. The summed E-state index contributed by atoms with van der Waals surface area (Å²) in [6.45, 7) is 2.39. The summed E-state index contributed by atoms with van der Waals surface area (Å²) in [4.78, 5) is 4.57. The third kappa shape index (κ3) is 2.00. The minimum absolute atomic E-state index is 0.450. The van der Waals surface area contributed by atoms with E-state index in [1.54, 1.807) is 11.3 Å². The quantitative estimate of drug-likeness (QED) is 0.794. The Morgan fingerprint density at radius 2 is 2.28 bits per heavy atom. The average molecular weight is 277 g/mol. The normalized spacial score (nSPS) is 11.2. The molecule has 0 atom stereocenters. The van der Waals surface area contributed by atoms with Gasteiger partial charge in [0.05, 0.1) is 5.69 Å². The van der Waals surface area contributed by atoms with Crippen LogP contribution < -0.4 is 5.73 Å². The zero-order valence-electron chi connectivity index (χ0n) is 9.70. The minimum atomic E-state index is 0.450. The van der Waals surface area contributed by atoms with E-state index in [-0.39, 0.29) is 0 Å². The van der Waals surface area contributed by atoms with E-state index in [1.165, 1.54) is 11.8 Å². The number of imidazole rings is 1. The van der Waals surface area contributed by atoms with E-state index in [0.29, 0.717) is 6.54 Å². The SMILES string of the molecule is Cc1nnc(Sc2nc3ccccn3c2CN)s1. The molecule has 0 spiro atoms. The van der Waals surface area contributed by atoms with Gasteiger partial charge in [0, 0.05) is 12.7 Å². The fourth-order valence-electron chi connectivity index (χ4n) is 1.69. The molecule has 0 saturated heterocycles. The van der Waals surface area contributed by atoms with Crippen LogP contribution in [0, 0.1) is 6.92 Å². The molecule has 3 aromatic rings. The predicted molar refractivity (Wildman–Crippen MR) is 71.9 cm³/mol. The standard InChI is InChI=1S/C11H11N5S2/c1-7-14-15-11(17-7)18-10-8(6-12)16-5-3-2-4-9(16)13-10/h2-5H,6,12H2,1H3. The lowest BCUT2D eigenvalue weighted by molar-refractivity contribution is 0.918. The zero-order chi connectivity index (χ0) is 12.5. The van der Waals surface area contributed by atoms with E-state index < -0.39 is 0 Å². The first kappa shape index (κ1) is 11.6. The van der Waals surface area contributed by atoms with Gasteiger partial charge >= 0.3 is 0 Å². The Labute approximate surface area is 112 Å². The van der Waals surface area contributed by atoms with Crippen LogP contribution >= 0.6 is 23.1 Å². The molecular formula is C11H11N5S2. The number of hydrogen-bond donors (Lipinski definition) is 1. The number of nitrogens with two attached hydrogens (primary N) is 1. The van der Waals surface area contributed by atoms with Crippen molar-refractivity contribution in [2.24, 2.45) is 5.73 Å². The van der Waals surface area contributed by atoms with Gasteiger partial charge in [-0.15, -0.1) is 10.2 Å². The second-order valence-electron chi connectivity index (χ2n) is 3.69. The van der Waals surface area contributed by atoms with Gasteiger partial charge in [0.25, 0.3) is 0 Å². The monoisotopic (exact) mass is 277 g/mol. The van der Waals surface area contributed by atoms with E-state index in [1.807, 2.05) is 35.7 Å². The van der Waals surface area contributed by atoms with Gasteiger partial charge in [-0.2, -0.15) is 0 Å². The predicted octanol–water partition coefficient (Wildman–Crippen LogP) is 2.10. The van der Waals surface area contributed by atoms with Crippen molar-refractivity contribution in [2.75, 3.05) is 0 Å². The average Bonchev–Trinajstić information content (AvgIpc) is 2.92. The minimum Gasteiger partial charge on any atom is -0.325 e. The van der Waals surface area contributed by atoms with Gasteiger partial charge in [0.15, 0.2) is 4.34 Å². The molecule has 18 heavy (non-hydrogen) atoms. The molecule has 0 bridgehead atoms. The molecular weight excluding hydrogens is 266 g/mol. The Kier molecular flexibility index (Phi) is 3.02. The maximum absolute atomic E-state index is 5.81.